The Labute approximate surface area is 99.9 Å². The number of rotatable bonds is 1. The highest BCUT2D eigenvalue weighted by Crippen LogP contribution is 2.31. The number of nitrogens with zero attached hydrogens (tertiary/aromatic N) is 2. The van der Waals surface area contributed by atoms with E-state index in [0.29, 0.717) is 0 Å². The lowest BCUT2D eigenvalue weighted by Gasteiger charge is -2.07. The summed E-state index contributed by atoms with van der Waals surface area (Å²) in [6.45, 7) is 0. The lowest BCUT2D eigenvalue weighted by atomic mass is 10.1. The van der Waals surface area contributed by atoms with Crippen LogP contribution in [0.1, 0.15) is 31.4 Å². The van der Waals surface area contributed by atoms with E-state index in [1.165, 1.54) is 18.4 Å². The summed E-state index contributed by atoms with van der Waals surface area (Å²) in [6, 6.07) is 0. The van der Waals surface area contributed by atoms with Gasteiger partial charge in [0, 0.05) is 7.05 Å². The Morgan fingerprint density at radius 3 is 2.93 bits per heavy atom. The van der Waals surface area contributed by atoms with E-state index in [2.05, 4.69) is 11.2 Å². The van der Waals surface area contributed by atoms with E-state index >= 15 is 0 Å². The maximum atomic E-state index is 6.19. The molecule has 0 amide bonds. The molecule has 0 aliphatic heterocycles. The molecule has 2 nitrogen and oxygen atoms in total. The molecule has 1 aliphatic carbocycles. The second-order valence-electron chi connectivity index (χ2n) is 3.92. The second-order valence-corrected chi connectivity index (χ2v) is 4.89. The van der Waals surface area contributed by atoms with Crippen molar-refractivity contribution in [1.29, 1.82) is 0 Å². The van der Waals surface area contributed by atoms with Crippen LogP contribution >= 0.6 is 23.2 Å². The van der Waals surface area contributed by atoms with Crippen LogP contribution in [0.15, 0.2) is 12.3 Å². The van der Waals surface area contributed by atoms with Gasteiger partial charge < -0.3 is 0 Å². The van der Waals surface area contributed by atoms with E-state index in [9.17, 15) is 0 Å². The van der Waals surface area contributed by atoms with Gasteiger partial charge in [0.05, 0.1) is 22.3 Å². The molecule has 1 unspecified atom stereocenters. The highest BCUT2D eigenvalue weighted by molar-refractivity contribution is 6.32. The molecule has 0 bridgehead atoms. The van der Waals surface area contributed by atoms with Crippen LogP contribution in [0.3, 0.4) is 0 Å². The molecule has 4 heteroatoms. The molecule has 2 rings (SSSR count). The van der Waals surface area contributed by atoms with Crippen LogP contribution in [0.25, 0.3) is 5.57 Å². The van der Waals surface area contributed by atoms with Crippen molar-refractivity contribution >= 4 is 28.8 Å². The molecule has 0 N–H and O–H groups in total. The topological polar surface area (TPSA) is 17.8 Å². The zero-order valence-electron chi connectivity index (χ0n) is 8.71. The summed E-state index contributed by atoms with van der Waals surface area (Å²) in [7, 11) is 1.91. The Hall–Kier alpha value is -0.470. The SMILES string of the molecule is Cn1ncc(Cl)c1C1=CC(Cl)CCCC1. The van der Waals surface area contributed by atoms with E-state index in [1.54, 1.807) is 6.20 Å². The van der Waals surface area contributed by atoms with Crippen molar-refractivity contribution in [3.8, 4) is 0 Å². The highest BCUT2D eigenvalue weighted by atomic mass is 35.5. The van der Waals surface area contributed by atoms with Crippen LogP contribution in [-0.4, -0.2) is 15.2 Å². The second kappa shape index (κ2) is 4.58. The van der Waals surface area contributed by atoms with Crippen LogP contribution in [0.5, 0.6) is 0 Å². The molecular formula is C11H14Cl2N2. The van der Waals surface area contributed by atoms with Crippen molar-refractivity contribution in [2.75, 3.05) is 0 Å². The van der Waals surface area contributed by atoms with E-state index in [0.717, 1.165) is 23.6 Å². The van der Waals surface area contributed by atoms with Gasteiger partial charge in [0.15, 0.2) is 0 Å². The lowest BCUT2D eigenvalue weighted by Crippen LogP contribution is -1.99. The number of aromatic nitrogens is 2. The van der Waals surface area contributed by atoms with Crippen molar-refractivity contribution in [2.24, 2.45) is 7.05 Å². The minimum absolute atomic E-state index is 0.133. The summed E-state index contributed by atoms with van der Waals surface area (Å²) < 4.78 is 1.82. The van der Waals surface area contributed by atoms with E-state index in [4.69, 9.17) is 23.2 Å². The van der Waals surface area contributed by atoms with Gasteiger partial charge in [0.2, 0.25) is 0 Å². The third kappa shape index (κ3) is 2.37. The summed E-state index contributed by atoms with van der Waals surface area (Å²) >= 11 is 12.3. The molecule has 1 aromatic rings. The Bertz CT molecular complexity index is 362. The quantitative estimate of drug-likeness (QED) is 0.690. The Kier molecular flexibility index (Phi) is 3.37. The summed E-state index contributed by atoms with van der Waals surface area (Å²) in [5.41, 5.74) is 2.25. The van der Waals surface area contributed by atoms with Gasteiger partial charge in [-0.15, -0.1) is 11.6 Å². The molecule has 15 heavy (non-hydrogen) atoms. The third-order valence-corrected chi connectivity index (χ3v) is 3.38. The zero-order chi connectivity index (χ0) is 10.8. The minimum Gasteiger partial charge on any atom is -0.267 e. The first-order valence-corrected chi connectivity index (χ1v) is 6.02. The average molecular weight is 245 g/mol. The molecule has 0 radical (unpaired) electrons. The van der Waals surface area contributed by atoms with Crippen molar-refractivity contribution < 1.29 is 0 Å². The van der Waals surface area contributed by atoms with Gasteiger partial charge in [-0.3, -0.25) is 4.68 Å². The van der Waals surface area contributed by atoms with Gasteiger partial charge in [-0.25, -0.2) is 0 Å². The number of halogens is 2. The summed E-state index contributed by atoms with van der Waals surface area (Å²) in [4.78, 5) is 0. The molecule has 1 aromatic heterocycles. The van der Waals surface area contributed by atoms with E-state index in [1.807, 2.05) is 11.7 Å². The summed E-state index contributed by atoms with van der Waals surface area (Å²) in [5, 5.41) is 5.00. The van der Waals surface area contributed by atoms with E-state index in [-0.39, 0.29) is 5.38 Å². The molecule has 0 aromatic carbocycles. The smallest absolute Gasteiger partial charge is 0.0862 e. The predicted octanol–water partition coefficient (Wildman–Crippen LogP) is 3.64. The normalized spacial score (nSPS) is 22.3. The molecule has 0 spiro atoms. The lowest BCUT2D eigenvalue weighted by molar-refractivity contribution is 0.717. The van der Waals surface area contributed by atoms with Crippen molar-refractivity contribution in [2.45, 2.75) is 31.1 Å². The number of aryl methyl sites for hydroxylation is 1. The number of hydrogen-bond acceptors (Lipinski definition) is 1. The van der Waals surface area contributed by atoms with Crippen LogP contribution in [-0.2, 0) is 7.05 Å². The number of allylic oxidation sites excluding steroid dienone is 2. The van der Waals surface area contributed by atoms with Crippen LogP contribution in [0.4, 0.5) is 0 Å². The molecule has 0 saturated heterocycles. The van der Waals surface area contributed by atoms with Gasteiger partial charge in [-0.05, 0) is 24.8 Å². The highest BCUT2D eigenvalue weighted by Gasteiger charge is 2.16. The Balaban J connectivity index is 2.36. The Morgan fingerprint density at radius 1 is 1.47 bits per heavy atom. The fraction of sp³-hybridized carbons (Fsp3) is 0.545. The van der Waals surface area contributed by atoms with Gasteiger partial charge in [-0.1, -0.05) is 24.1 Å². The van der Waals surface area contributed by atoms with Crippen molar-refractivity contribution in [1.82, 2.24) is 9.78 Å². The molecular weight excluding hydrogens is 231 g/mol. The predicted molar refractivity (Wildman–Crippen MR) is 64.3 cm³/mol. The number of hydrogen-bond donors (Lipinski definition) is 0. The largest absolute Gasteiger partial charge is 0.267 e. The molecule has 1 atom stereocenters. The zero-order valence-corrected chi connectivity index (χ0v) is 10.2. The van der Waals surface area contributed by atoms with Gasteiger partial charge in [0.1, 0.15) is 0 Å². The summed E-state index contributed by atoms with van der Waals surface area (Å²) in [5.74, 6) is 0. The van der Waals surface area contributed by atoms with Gasteiger partial charge >= 0.3 is 0 Å². The average Bonchev–Trinajstić information content (AvgIpc) is 2.40. The van der Waals surface area contributed by atoms with Gasteiger partial charge in [-0.2, -0.15) is 5.10 Å². The fourth-order valence-electron chi connectivity index (χ4n) is 2.01. The first-order chi connectivity index (χ1) is 7.18. The van der Waals surface area contributed by atoms with Crippen LogP contribution in [0, 0.1) is 0 Å². The molecule has 0 saturated carbocycles. The van der Waals surface area contributed by atoms with Crippen LogP contribution in [0.2, 0.25) is 5.02 Å². The minimum atomic E-state index is 0.133. The standard InChI is InChI=1S/C11H14Cl2N2/c1-15-11(10(13)7-14-15)8-4-2-3-5-9(12)6-8/h6-7,9H,2-5H2,1H3. The molecule has 1 heterocycles. The maximum absolute atomic E-state index is 6.19. The summed E-state index contributed by atoms with van der Waals surface area (Å²) in [6.07, 6.45) is 8.27. The third-order valence-electron chi connectivity index (χ3n) is 2.76. The van der Waals surface area contributed by atoms with E-state index < -0.39 is 0 Å². The van der Waals surface area contributed by atoms with Crippen molar-refractivity contribution in [3.05, 3.63) is 23.0 Å². The molecule has 82 valence electrons. The monoisotopic (exact) mass is 244 g/mol. The molecule has 0 fully saturated rings. The van der Waals surface area contributed by atoms with Crippen LogP contribution < -0.4 is 0 Å². The Morgan fingerprint density at radius 2 is 2.27 bits per heavy atom. The van der Waals surface area contributed by atoms with Gasteiger partial charge in [0.25, 0.3) is 0 Å². The number of alkyl halides is 1. The first kappa shape index (κ1) is 11.0. The van der Waals surface area contributed by atoms with Crippen molar-refractivity contribution in [3.63, 3.8) is 0 Å². The maximum Gasteiger partial charge on any atom is 0.0862 e. The fourth-order valence-corrected chi connectivity index (χ4v) is 2.60. The molecule has 1 aliphatic rings. The first-order valence-electron chi connectivity index (χ1n) is 5.21.